The van der Waals surface area contributed by atoms with Crippen LogP contribution in [0, 0.1) is 0 Å². The number of allylic oxidation sites excluding steroid dienone is 3. The summed E-state index contributed by atoms with van der Waals surface area (Å²) >= 11 is 0. The second kappa shape index (κ2) is 71.8. The maximum Gasteiger partial charge on any atom is 0.305 e. The molecular formula is C76H147NO5. The Bertz CT molecular complexity index is 1280. The lowest BCUT2D eigenvalue weighted by molar-refractivity contribution is -0.143. The fraction of sp³-hybridized carbons (Fsp3) is 0.921. The van der Waals surface area contributed by atoms with Gasteiger partial charge in [-0.3, -0.25) is 9.59 Å². The summed E-state index contributed by atoms with van der Waals surface area (Å²) < 4.78 is 5.49. The minimum absolute atomic E-state index is 0.00905. The summed E-state index contributed by atoms with van der Waals surface area (Å²) in [6.45, 7) is 4.94. The zero-order chi connectivity index (χ0) is 59.2. The van der Waals surface area contributed by atoms with Crippen LogP contribution in [0.3, 0.4) is 0 Å². The van der Waals surface area contributed by atoms with Gasteiger partial charge in [0.05, 0.1) is 25.4 Å². The van der Waals surface area contributed by atoms with Crippen LogP contribution in [-0.2, 0) is 14.3 Å². The summed E-state index contributed by atoms with van der Waals surface area (Å²) in [6.07, 6.45) is 91.3. The molecule has 0 fully saturated rings. The van der Waals surface area contributed by atoms with Crippen LogP contribution in [0.15, 0.2) is 24.3 Å². The first-order valence-corrected chi connectivity index (χ1v) is 37.6. The lowest BCUT2D eigenvalue weighted by Gasteiger charge is -2.20. The Labute approximate surface area is 513 Å². The molecule has 0 radical (unpaired) electrons. The summed E-state index contributed by atoms with van der Waals surface area (Å²) in [6, 6.07) is -0.628. The van der Waals surface area contributed by atoms with E-state index < -0.39 is 12.1 Å². The minimum atomic E-state index is -0.845. The molecule has 3 N–H and O–H groups in total. The molecule has 2 atom stereocenters. The number of hydrogen-bond acceptors (Lipinski definition) is 5. The molecule has 6 heteroatoms. The number of esters is 1. The topological polar surface area (TPSA) is 95.9 Å². The molecule has 0 aromatic rings. The molecule has 486 valence electrons. The molecule has 1 amide bonds. The normalized spacial score (nSPS) is 12.6. The van der Waals surface area contributed by atoms with Crippen LogP contribution < -0.4 is 5.32 Å². The maximum atomic E-state index is 12.5. The number of nitrogens with one attached hydrogen (secondary N) is 1. The van der Waals surface area contributed by atoms with Gasteiger partial charge in [-0.15, -0.1) is 0 Å². The minimum Gasteiger partial charge on any atom is -0.466 e. The first-order chi connectivity index (χ1) is 40.5. The number of aliphatic hydroxyl groups excluding tert-OH is 2. The molecule has 6 nitrogen and oxygen atoms in total. The van der Waals surface area contributed by atoms with Crippen LogP contribution in [-0.4, -0.2) is 47.4 Å². The quantitative estimate of drug-likeness (QED) is 0.0320. The highest BCUT2D eigenvalue weighted by atomic mass is 16.5. The van der Waals surface area contributed by atoms with Crippen molar-refractivity contribution >= 4 is 11.9 Å². The predicted molar refractivity (Wildman–Crippen MR) is 361 cm³/mol. The number of ether oxygens (including phenoxy) is 1. The fourth-order valence-electron chi connectivity index (χ4n) is 12.0. The van der Waals surface area contributed by atoms with Gasteiger partial charge in [-0.2, -0.15) is 0 Å². The molecule has 0 saturated heterocycles. The van der Waals surface area contributed by atoms with E-state index in [-0.39, 0.29) is 18.5 Å². The van der Waals surface area contributed by atoms with Gasteiger partial charge in [0.15, 0.2) is 0 Å². The third-order valence-electron chi connectivity index (χ3n) is 17.7. The summed E-state index contributed by atoms with van der Waals surface area (Å²) in [5.74, 6) is -0.0522. The van der Waals surface area contributed by atoms with Gasteiger partial charge in [-0.05, 0) is 57.8 Å². The second-order valence-corrected chi connectivity index (χ2v) is 26.0. The van der Waals surface area contributed by atoms with E-state index in [0.29, 0.717) is 19.4 Å². The zero-order valence-electron chi connectivity index (χ0n) is 55.8. The van der Waals surface area contributed by atoms with Crippen LogP contribution in [0.25, 0.3) is 0 Å². The molecule has 0 rings (SSSR count). The first-order valence-electron chi connectivity index (χ1n) is 37.6. The van der Waals surface area contributed by atoms with Crippen molar-refractivity contribution in [2.45, 2.75) is 437 Å². The lowest BCUT2D eigenvalue weighted by atomic mass is 10.0. The molecule has 82 heavy (non-hydrogen) atoms. The summed E-state index contributed by atoms with van der Waals surface area (Å²) in [4.78, 5) is 24.6. The van der Waals surface area contributed by atoms with E-state index >= 15 is 0 Å². The molecule has 2 unspecified atom stereocenters. The van der Waals surface area contributed by atoms with Crippen LogP contribution in [0.1, 0.15) is 425 Å². The number of aliphatic hydroxyl groups is 2. The fourth-order valence-corrected chi connectivity index (χ4v) is 12.0. The van der Waals surface area contributed by atoms with E-state index in [9.17, 15) is 19.8 Å². The van der Waals surface area contributed by atoms with Crippen LogP contribution in [0.4, 0.5) is 0 Å². The second-order valence-electron chi connectivity index (χ2n) is 26.0. The van der Waals surface area contributed by atoms with Gasteiger partial charge in [0.25, 0.3) is 0 Å². The SMILES string of the molecule is CCCCCCCC/C=C\CCCCCCCC(=O)OCCCCCCCCCCCCCCCCCCCCCCCCCCCC(=O)NC(CO)C(O)/C=C/CCCCCCCCCCCCCCCCCCCCCCCCC. The predicted octanol–water partition coefficient (Wildman–Crippen LogP) is 24.5. The largest absolute Gasteiger partial charge is 0.466 e. The molecule has 0 bridgehead atoms. The summed E-state index contributed by atoms with van der Waals surface area (Å²) in [5, 5.41) is 23.3. The third kappa shape index (κ3) is 67.5. The Morgan fingerprint density at radius 3 is 0.866 bits per heavy atom. The lowest BCUT2D eigenvalue weighted by Crippen LogP contribution is -2.45. The molecular weight excluding hydrogens is 1010 g/mol. The monoisotopic (exact) mass is 1150 g/mol. The van der Waals surface area contributed by atoms with Crippen LogP contribution >= 0.6 is 0 Å². The molecule has 0 aliphatic rings. The van der Waals surface area contributed by atoms with Crippen molar-refractivity contribution in [3.05, 3.63) is 24.3 Å². The highest BCUT2D eigenvalue weighted by Gasteiger charge is 2.18. The van der Waals surface area contributed by atoms with Crippen molar-refractivity contribution in [2.24, 2.45) is 0 Å². The summed E-state index contributed by atoms with van der Waals surface area (Å²) in [7, 11) is 0. The van der Waals surface area contributed by atoms with Crippen molar-refractivity contribution in [1.29, 1.82) is 0 Å². The van der Waals surface area contributed by atoms with Crippen molar-refractivity contribution in [3.63, 3.8) is 0 Å². The average Bonchev–Trinajstić information content (AvgIpc) is 3.48. The van der Waals surface area contributed by atoms with Crippen molar-refractivity contribution < 1.29 is 24.5 Å². The van der Waals surface area contributed by atoms with Gasteiger partial charge in [-0.25, -0.2) is 0 Å². The van der Waals surface area contributed by atoms with Gasteiger partial charge in [0.1, 0.15) is 0 Å². The van der Waals surface area contributed by atoms with E-state index in [1.54, 1.807) is 6.08 Å². The number of unbranched alkanes of at least 4 members (excludes halogenated alkanes) is 58. The maximum absolute atomic E-state index is 12.5. The van der Waals surface area contributed by atoms with E-state index in [1.807, 2.05) is 6.08 Å². The van der Waals surface area contributed by atoms with Gasteiger partial charge in [0, 0.05) is 12.8 Å². The molecule has 0 aliphatic heterocycles. The summed E-state index contributed by atoms with van der Waals surface area (Å²) in [5.41, 5.74) is 0. The third-order valence-corrected chi connectivity index (χ3v) is 17.7. The highest BCUT2D eigenvalue weighted by molar-refractivity contribution is 5.76. The number of amides is 1. The molecule has 0 saturated carbocycles. The van der Waals surface area contributed by atoms with E-state index in [2.05, 4.69) is 31.3 Å². The number of rotatable bonds is 71. The molecule has 0 heterocycles. The standard InChI is InChI=1S/C76H147NO5/c1-3-5-7-9-11-13-15-17-19-20-21-22-23-25-28-31-34-37-41-44-48-52-56-60-64-68-74(79)73(72-78)77-75(80)69-65-61-57-53-49-45-42-38-35-32-29-26-24-27-30-33-36-39-43-47-51-55-59-63-67-71-82-76(81)70-66-62-58-54-50-46-40-18-16-14-12-10-8-6-4-2/h18,40,64,68,73-74,78-79H,3-17,19-39,41-63,65-67,69-72H2,1-2H3,(H,77,80)/b40-18-,68-64+. The van der Waals surface area contributed by atoms with Crippen molar-refractivity contribution in [2.75, 3.05) is 13.2 Å². The van der Waals surface area contributed by atoms with Gasteiger partial charge >= 0.3 is 5.97 Å². The Kier molecular flexibility index (Phi) is 70.4. The molecule has 0 aromatic carbocycles. The highest BCUT2D eigenvalue weighted by Crippen LogP contribution is 2.19. The van der Waals surface area contributed by atoms with Crippen LogP contribution in [0.5, 0.6) is 0 Å². The van der Waals surface area contributed by atoms with Crippen molar-refractivity contribution in [3.8, 4) is 0 Å². The first kappa shape index (κ1) is 80.3. The average molecular weight is 1160 g/mol. The number of hydrogen-bond donors (Lipinski definition) is 3. The molecule has 0 aromatic heterocycles. The smallest absolute Gasteiger partial charge is 0.305 e. The molecule has 0 aliphatic carbocycles. The van der Waals surface area contributed by atoms with Gasteiger partial charge in [-0.1, -0.05) is 378 Å². The number of carbonyl (C=O) groups is 2. The van der Waals surface area contributed by atoms with E-state index in [1.165, 1.54) is 353 Å². The van der Waals surface area contributed by atoms with Gasteiger partial charge < -0.3 is 20.3 Å². The Balaban J connectivity index is 3.39. The Morgan fingerprint density at radius 2 is 0.573 bits per heavy atom. The van der Waals surface area contributed by atoms with Gasteiger partial charge in [0.2, 0.25) is 5.91 Å². The van der Waals surface area contributed by atoms with E-state index in [4.69, 9.17) is 4.74 Å². The Morgan fingerprint density at radius 1 is 0.329 bits per heavy atom. The molecule has 0 spiro atoms. The Hall–Kier alpha value is -1.66. The number of carbonyl (C=O) groups excluding carboxylic acids is 2. The van der Waals surface area contributed by atoms with Crippen molar-refractivity contribution in [1.82, 2.24) is 5.32 Å². The van der Waals surface area contributed by atoms with E-state index in [0.717, 1.165) is 44.9 Å². The van der Waals surface area contributed by atoms with Crippen LogP contribution in [0.2, 0.25) is 0 Å². The zero-order valence-corrected chi connectivity index (χ0v) is 55.8.